The number of aryl methyl sites for hydroxylation is 1. The third-order valence-electron chi connectivity index (χ3n) is 3.44. The Hall–Kier alpha value is -2.28. The van der Waals surface area contributed by atoms with Crippen molar-refractivity contribution in [2.24, 2.45) is 4.99 Å². The molecular formula is C17H24N4O2S. The summed E-state index contributed by atoms with van der Waals surface area (Å²) in [6.45, 7) is 5.34. The van der Waals surface area contributed by atoms with Gasteiger partial charge in [0.15, 0.2) is 17.5 Å². The van der Waals surface area contributed by atoms with Gasteiger partial charge < -0.3 is 20.1 Å². The van der Waals surface area contributed by atoms with Crippen LogP contribution in [0.2, 0.25) is 0 Å². The first-order chi connectivity index (χ1) is 11.6. The third kappa shape index (κ3) is 5.13. The van der Waals surface area contributed by atoms with E-state index in [1.54, 1.807) is 25.5 Å². The molecule has 2 aromatic rings. The summed E-state index contributed by atoms with van der Waals surface area (Å²) in [5.41, 5.74) is 2.90. The first-order valence-electron chi connectivity index (χ1n) is 7.77. The number of guanidine groups is 1. The molecular weight excluding hydrogens is 324 g/mol. The van der Waals surface area contributed by atoms with Crippen LogP contribution >= 0.6 is 11.3 Å². The van der Waals surface area contributed by atoms with Crippen molar-refractivity contribution in [1.82, 2.24) is 15.6 Å². The van der Waals surface area contributed by atoms with Crippen molar-refractivity contribution in [2.75, 3.05) is 20.7 Å². The topological polar surface area (TPSA) is 67.8 Å². The highest BCUT2D eigenvalue weighted by Crippen LogP contribution is 2.26. The Morgan fingerprint density at radius 3 is 2.67 bits per heavy atom. The first-order valence-corrected chi connectivity index (χ1v) is 8.65. The fourth-order valence-electron chi connectivity index (χ4n) is 2.10. The SMILES string of the molecule is CN=C(NCc1scnc1C)NCC(C)Oc1ccccc1OC. The summed E-state index contributed by atoms with van der Waals surface area (Å²) in [4.78, 5) is 9.68. The molecule has 0 fully saturated rings. The maximum Gasteiger partial charge on any atom is 0.191 e. The molecule has 1 aromatic carbocycles. The molecule has 0 radical (unpaired) electrons. The van der Waals surface area contributed by atoms with Crippen molar-refractivity contribution in [1.29, 1.82) is 0 Å². The molecule has 6 nitrogen and oxygen atoms in total. The second-order valence-electron chi connectivity index (χ2n) is 5.25. The number of nitrogens with zero attached hydrogens (tertiary/aromatic N) is 2. The third-order valence-corrected chi connectivity index (χ3v) is 4.37. The summed E-state index contributed by atoms with van der Waals surface area (Å²) >= 11 is 1.64. The Morgan fingerprint density at radius 1 is 1.29 bits per heavy atom. The zero-order chi connectivity index (χ0) is 17.4. The molecule has 0 aliphatic rings. The lowest BCUT2D eigenvalue weighted by Crippen LogP contribution is -2.41. The number of rotatable bonds is 7. The molecule has 0 saturated heterocycles. The van der Waals surface area contributed by atoms with Gasteiger partial charge in [-0.15, -0.1) is 11.3 Å². The predicted molar refractivity (Wildman–Crippen MR) is 98.1 cm³/mol. The van der Waals surface area contributed by atoms with Crippen LogP contribution in [-0.4, -0.2) is 37.7 Å². The van der Waals surface area contributed by atoms with Crippen LogP contribution < -0.4 is 20.1 Å². The highest BCUT2D eigenvalue weighted by molar-refractivity contribution is 7.09. The number of methoxy groups -OCH3 is 1. The van der Waals surface area contributed by atoms with E-state index in [0.29, 0.717) is 13.1 Å². The molecule has 0 amide bonds. The van der Waals surface area contributed by atoms with Gasteiger partial charge in [0, 0.05) is 11.9 Å². The van der Waals surface area contributed by atoms with E-state index in [-0.39, 0.29) is 6.10 Å². The van der Waals surface area contributed by atoms with E-state index in [0.717, 1.165) is 23.2 Å². The van der Waals surface area contributed by atoms with Crippen molar-refractivity contribution < 1.29 is 9.47 Å². The van der Waals surface area contributed by atoms with Crippen LogP contribution in [0.15, 0.2) is 34.8 Å². The summed E-state index contributed by atoms with van der Waals surface area (Å²) in [6, 6.07) is 7.63. The number of thiazole rings is 1. The van der Waals surface area contributed by atoms with Crippen LogP contribution in [0.4, 0.5) is 0 Å². The largest absolute Gasteiger partial charge is 0.493 e. The van der Waals surface area contributed by atoms with Gasteiger partial charge in [-0.1, -0.05) is 12.1 Å². The Morgan fingerprint density at radius 2 is 2.04 bits per heavy atom. The smallest absolute Gasteiger partial charge is 0.191 e. The van der Waals surface area contributed by atoms with Crippen molar-refractivity contribution in [3.05, 3.63) is 40.3 Å². The zero-order valence-corrected chi connectivity index (χ0v) is 15.3. The maximum absolute atomic E-state index is 5.92. The van der Waals surface area contributed by atoms with E-state index in [4.69, 9.17) is 9.47 Å². The molecule has 0 bridgehead atoms. The average molecular weight is 348 g/mol. The Kier molecular flexibility index (Phi) is 6.87. The minimum absolute atomic E-state index is 0.0370. The monoisotopic (exact) mass is 348 g/mol. The van der Waals surface area contributed by atoms with E-state index in [2.05, 4.69) is 20.6 Å². The quantitative estimate of drug-likeness (QED) is 0.595. The average Bonchev–Trinajstić information content (AvgIpc) is 3.00. The number of hydrogen-bond donors (Lipinski definition) is 2. The highest BCUT2D eigenvalue weighted by Gasteiger charge is 2.10. The molecule has 0 aliphatic heterocycles. The van der Waals surface area contributed by atoms with Crippen molar-refractivity contribution >= 4 is 17.3 Å². The molecule has 1 aromatic heterocycles. The number of benzene rings is 1. The molecule has 2 rings (SSSR count). The van der Waals surface area contributed by atoms with Crippen LogP contribution in [0.5, 0.6) is 11.5 Å². The number of nitrogens with one attached hydrogen (secondary N) is 2. The van der Waals surface area contributed by atoms with Crippen LogP contribution in [0.1, 0.15) is 17.5 Å². The Labute approximate surface area is 146 Å². The highest BCUT2D eigenvalue weighted by atomic mass is 32.1. The van der Waals surface area contributed by atoms with E-state index < -0.39 is 0 Å². The molecule has 130 valence electrons. The second kappa shape index (κ2) is 9.12. The molecule has 7 heteroatoms. The summed E-state index contributed by atoms with van der Waals surface area (Å²) in [5.74, 6) is 2.20. The molecule has 0 aliphatic carbocycles. The summed E-state index contributed by atoms with van der Waals surface area (Å²) in [7, 11) is 3.39. The van der Waals surface area contributed by atoms with E-state index in [9.17, 15) is 0 Å². The number of aromatic nitrogens is 1. The van der Waals surface area contributed by atoms with Gasteiger partial charge >= 0.3 is 0 Å². The van der Waals surface area contributed by atoms with Gasteiger partial charge in [0.05, 0.1) is 31.4 Å². The normalized spacial score (nSPS) is 12.6. The van der Waals surface area contributed by atoms with Gasteiger partial charge in [-0.3, -0.25) is 4.99 Å². The Bertz CT molecular complexity index is 672. The zero-order valence-electron chi connectivity index (χ0n) is 14.5. The summed E-state index contributed by atoms with van der Waals surface area (Å²) in [5, 5.41) is 6.55. The minimum atomic E-state index is -0.0370. The van der Waals surface area contributed by atoms with Crippen LogP contribution in [0.3, 0.4) is 0 Å². The first kappa shape index (κ1) is 18.1. The number of hydrogen-bond acceptors (Lipinski definition) is 5. The van der Waals surface area contributed by atoms with Crippen molar-refractivity contribution in [2.45, 2.75) is 26.5 Å². The van der Waals surface area contributed by atoms with E-state index >= 15 is 0 Å². The lowest BCUT2D eigenvalue weighted by atomic mass is 10.3. The summed E-state index contributed by atoms with van der Waals surface area (Å²) < 4.78 is 11.2. The number of ether oxygens (including phenoxy) is 2. The second-order valence-corrected chi connectivity index (χ2v) is 6.19. The fourth-order valence-corrected chi connectivity index (χ4v) is 2.81. The van der Waals surface area contributed by atoms with Crippen LogP contribution in [0, 0.1) is 6.92 Å². The van der Waals surface area contributed by atoms with Crippen molar-refractivity contribution in [3.8, 4) is 11.5 Å². The lowest BCUT2D eigenvalue weighted by molar-refractivity contribution is 0.213. The fraction of sp³-hybridized carbons (Fsp3) is 0.412. The maximum atomic E-state index is 5.92. The molecule has 2 N–H and O–H groups in total. The van der Waals surface area contributed by atoms with E-state index in [1.165, 1.54) is 4.88 Å². The molecule has 1 heterocycles. The minimum Gasteiger partial charge on any atom is -0.493 e. The number of para-hydroxylation sites is 2. The molecule has 24 heavy (non-hydrogen) atoms. The predicted octanol–water partition coefficient (Wildman–Crippen LogP) is 2.59. The molecule has 0 spiro atoms. The van der Waals surface area contributed by atoms with Gasteiger partial charge in [0.1, 0.15) is 6.10 Å². The van der Waals surface area contributed by atoms with Crippen LogP contribution in [0.25, 0.3) is 0 Å². The standard InChI is InChI=1S/C17H24N4O2S/c1-12(23-15-8-6-5-7-14(15)22-4)9-19-17(18-3)20-10-16-13(2)21-11-24-16/h5-8,11-12H,9-10H2,1-4H3,(H2,18,19,20). The molecule has 1 atom stereocenters. The molecule has 1 unspecified atom stereocenters. The van der Waals surface area contributed by atoms with Gasteiger partial charge in [-0.05, 0) is 26.0 Å². The van der Waals surface area contributed by atoms with Gasteiger partial charge in [0.2, 0.25) is 0 Å². The van der Waals surface area contributed by atoms with Gasteiger partial charge in [0.25, 0.3) is 0 Å². The Balaban J connectivity index is 1.81. The van der Waals surface area contributed by atoms with Gasteiger partial charge in [-0.25, -0.2) is 4.98 Å². The summed E-state index contributed by atoms with van der Waals surface area (Å²) in [6.07, 6.45) is -0.0370. The van der Waals surface area contributed by atoms with Gasteiger partial charge in [-0.2, -0.15) is 0 Å². The van der Waals surface area contributed by atoms with Crippen molar-refractivity contribution in [3.63, 3.8) is 0 Å². The lowest BCUT2D eigenvalue weighted by Gasteiger charge is -2.19. The molecule has 0 saturated carbocycles. The van der Waals surface area contributed by atoms with E-state index in [1.807, 2.05) is 43.6 Å². The number of aliphatic imine (C=N–C) groups is 1. The van der Waals surface area contributed by atoms with Crippen LogP contribution in [-0.2, 0) is 6.54 Å².